The van der Waals surface area contributed by atoms with Crippen molar-refractivity contribution in [2.75, 3.05) is 18.0 Å². The summed E-state index contributed by atoms with van der Waals surface area (Å²) in [6.45, 7) is 1.04. The summed E-state index contributed by atoms with van der Waals surface area (Å²) >= 11 is 0. The van der Waals surface area contributed by atoms with Crippen molar-refractivity contribution in [2.45, 2.75) is 43.6 Å². The number of fused-ring (bicyclic) bond motifs is 2. The van der Waals surface area contributed by atoms with Gasteiger partial charge in [0.2, 0.25) is 0 Å². The highest BCUT2D eigenvalue weighted by molar-refractivity contribution is 5.88. The van der Waals surface area contributed by atoms with Gasteiger partial charge < -0.3 is 14.5 Å². The smallest absolute Gasteiger partial charge is 0.257 e. The molecule has 2 unspecified atom stereocenters. The topological polar surface area (TPSA) is 63.0 Å². The summed E-state index contributed by atoms with van der Waals surface area (Å²) in [7, 11) is 0. The molecule has 0 bridgehead atoms. The average Bonchev–Trinajstić information content (AvgIpc) is 3.43. The second-order valence-electron chi connectivity index (χ2n) is 8.59. The number of rotatable bonds is 2. The van der Waals surface area contributed by atoms with Gasteiger partial charge >= 0.3 is 0 Å². The minimum absolute atomic E-state index is 0.126. The summed E-state index contributed by atoms with van der Waals surface area (Å²) in [5, 5.41) is 4.07. The highest BCUT2D eigenvalue weighted by atomic mass is 19.1. The Labute approximate surface area is 181 Å². The van der Waals surface area contributed by atoms with Crippen LogP contribution in [0.25, 0.3) is 5.65 Å². The van der Waals surface area contributed by atoms with Crippen molar-refractivity contribution < 1.29 is 22.7 Å². The molecule has 2 aromatic heterocycles. The lowest BCUT2D eigenvalue weighted by Gasteiger charge is -2.38. The lowest BCUT2D eigenvalue weighted by molar-refractivity contribution is -0.140. The van der Waals surface area contributed by atoms with Crippen molar-refractivity contribution in [1.82, 2.24) is 19.5 Å². The van der Waals surface area contributed by atoms with Gasteiger partial charge in [-0.3, -0.25) is 4.79 Å². The Kier molecular flexibility index (Phi) is 4.23. The van der Waals surface area contributed by atoms with Crippen molar-refractivity contribution in [2.24, 2.45) is 0 Å². The molecule has 1 amide bonds. The summed E-state index contributed by atoms with van der Waals surface area (Å²) in [6, 6.07) is 4.77. The van der Waals surface area contributed by atoms with E-state index >= 15 is 0 Å². The summed E-state index contributed by atoms with van der Waals surface area (Å²) in [5.41, 5.74) is -0.342. The standard InChI is InChI=1S/C22H20F3N5O2/c23-14-9-13(10-15(24)11-14)17-1-2-19-29(17)21(31)22(32-19)4-7-28(8-5-22)18-3-6-26-20-16(25)12-27-30(18)20/h3,6,9-12,17,19H,1-2,4-5,7-8H2. The van der Waals surface area contributed by atoms with Crippen LogP contribution in [0.2, 0.25) is 0 Å². The third kappa shape index (κ3) is 2.82. The molecule has 1 spiro atoms. The molecule has 5 heterocycles. The van der Waals surface area contributed by atoms with E-state index in [1.54, 1.807) is 11.0 Å². The molecule has 0 aliphatic carbocycles. The Balaban J connectivity index is 1.24. The van der Waals surface area contributed by atoms with Crippen molar-refractivity contribution in [1.29, 1.82) is 0 Å². The van der Waals surface area contributed by atoms with E-state index in [9.17, 15) is 18.0 Å². The predicted molar refractivity (Wildman–Crippen MR) is 107 cm³/mol. The molecular formula is C22H20F3N5O2. The van der Waals surface area contributed by atoms with E-state index in [1.165, 1.54) is 22.8 Å². The van der Waals surface area contributed by atoms with Crippen molar-refractivity contribution in [3.8, 4) is 0 Å². The zero-order valence-corrected chi connectivity index (χ0v) is 17.0. The Morgan fingerprint density at radius 2 is 1.81 bits per heavy atom. The zero-order valence-electron chi connectivity index (χ0n) is 17.0. The van der Waals surface area contributed by atoms with E-state index in [0.29, 0.717) is 50.2 Å². The molecule has 7 nitrogen and oxygen atoms in total. The number of halogens is 3. The minimum atomic E-state index is -0.951. The molecule has 0 N–H and O–H groups in total. The van der Waals surface area contributed by atoms with Crippen LogP contribution in [-0.4, -0.2) is 50.3 Å². The first-order valence-electron chi connectivity index (χ1n) is 10.6. The van der Waals surface area contributed by atoms with Crippen LogP contribution >= 0.6 is 0 Å². The lowest BCUT2D eigenvalue weighted by Crippen LogP contribution is -2.50. The van der Waals surface area contributed by atoms with Crippen LogP contribution in [-0.2, 0) is 9.53 Å². The van der Waals surface area contributed by atoms with Crippen molar-refractivity contribution >= 4 is 17.4 Å². The lowest BCUT2D eigenvalue weighted by atomic mass is 9.89. The van der Waals surface area contributed by atoms with Gasteiger partial charge in [-0.05, 0) is 36.6 Å². The first kappa shape index (κ1) is 19.5. The third-order valence-electron chi connectivity index (χ3n) is 6.82. The maximum atomic E-state index is 13.9. The number of anilines is 1. The van der Waals surface area contributed by atoms with Crippen LogP contribution in [0.15, 0.2) is 36.7 Å². The van der Waals surface area contributed by atoms with Gasteiger partial charge in [0.15, 0.2) is 17.1 Å². The number of hydrogen-bond acceptors (Lipinski definition) is 5. The van der Waals surface area contributed by atoms with Crippen LogP contribution in [0.1, 0.15) is 37.3 Å². The molecule has 3 aliphatic rings. The van der Waals surface area contributed by atoms with Crippen LogP contribution in [0.4, 0.5) is 19.0 Å². The molecule has 166 valence electrons. The molecule has 32 heavy (non-hydrogen) atoms. The molecule has 0 saturated carbocycles. The van der Waals surface area contributed by atoms with Gasteiger partial charge in [-0.2, -0.15) is 9.61 Å². The normalized spacial score (nSPS) is 24.7. The number of benzene rings is 1. The SMILES string of the molecule is O=C1N2C(CCC2c2cc(F)cc(F)c2)OC12CCN(c1ccnc3c(F)cnn13)CC2. The van der Waals surface area contributed by atoms with E-state index in [-0.39, 0.29) is 11.6 Å². The van der Waals surface area contributed by atoms with E-state index in [2.05, 4.69) is 10.1 Å². The van der Waals surface area contributed by atoms with Gasteiger partial charge in [0.1, 0.15) is 23.7 Å². The number of nitrogens with zero attached hydrogens (tertiary/aromatic N) is 5. The fourth-order valence-corrected chi connectivity index (χ4v) is 5.33. The van der Waals surface area contributed by atoms with Gasteiger partial charge in [0, 0.05) is 38.2 Å². The Morgan fingerprint density at radius 1 is 1.06 bits per heavy atom. The highest BCUT2D eigenvalue weighted by Gasteiger charge is 2.58. The molecule has 2 atom stereocenters. The van der Waals surface area contributed by atoms with E-state index < -0.39 is 35.3 Å². The highest BCUT2D eigenvalue weighted by Crippen LogP contribution is 2.48. The number of amides is 1. The van der Waals surface area contributed by atoms with Gasteiger partial charge in [0.05, 0.1) is 12.2 Å². The Bertz CT molecular complexity index is 1200. The number of aromatic nitrogens is 3. The maximum Gasteiger partial charge on any atom is 0.257 e. The number of hydrogen-bond donors (Lipinski definition) is 0. The van der Waals surface area contributed by atoms with Crippen molar-refractivity contribution in [3.05, 3.63) is 59.7 Å². The van der Waals surface area contributed by atoms with E-state index in [0.717, 1.165) is 12.3 Å². The third-order valence-corrected chi connectivity index (χ3v) is 6.82. The average molecular weight is 443 g/mol. The van der Waals surface area contributed by atoms with Crippen molar-refractivity contribution in [3.63, 3.8) is 0 Å². The summed E-state index contributed by atoms with van der Waals surface area (Å²) in [5.74, 6) is -1.22. The van der Waals surface area contributed by atoms with Crippen LogP contribution in [0, 0.1) is 17.5 Å². The largest absolute Gasteiger partial charge is 0.356 e. The Morgan fingerprint density at radius 3 is 2.56 bits per heavy atom. The number of carbonyl (C=O) groups is 1. The van der Waals surface area contributed by atoms with Crippen LogP contribution < -0.4 is 4.90 Å². The molecule has 3 saturated heterocycles. The monoisotopic (exact) mass is 443 g/mol. The molecule has 1 aromatic carbocycles. The van der Waals surface area contributed by atoms with E-state index in [4.69, 9.17) is 4.74 Å². The second-order valence-corrected chi connectivity index (χ2v) is 8.59. The molecule has 3 aliphatic heterocycles. The zero-order chi connectivity index (χ0) is 22.0. The minimum Gasteiger partial charge on any atom is -0.356 e. The van der Waals surface area contributed by atoms with Gasteiger partial charge in [0.25, 0.3) is 5.91 Å². The van der Waals surface area contributed by atoms with Crippen LogP contribution in [0.5, 0.6) is 0 Å². The molecular weight excluding hydrogens is 423 g/mol. The van der Waals surface area contributed by atoms with Crippen LogP contribution in [0.3, 0.4) is 0 Å². The first-order valence-corrected chi connectivity index (χ1v) is 10.6. The molecule has 0 radical (unpaired) electrons. The predicted octanol–water partition coefficient (Wildman–Crippen LogP) is 3.21. The summed E-state index contributed by atoms with van der Waals surface area (Å²) in [6.07, 6.45) is 4.41. The summed E-state index contributed by atoms with van der Waals surface area (Å²) < 4.78 is 49.1. The van der Waals surface area contributed by atoms with Gasteiger partial charge in [-0.1, -0.05) is 0 Å². The molecule has 6 rings (SSSR count). The summed E-state index contributed by atoms with van der Waals surface area (Å²) in [4.78, 5) is 21.2. The fourth-order valence-electron chi connectivity index (χ4n) is 5.33. The molecule has 3 aromatic rings. The Hall–Kier alpha value is -3.14. The van der Waals surface area contributed by atoms with Gasteiger partial charge in [-0.15, -0.1) is 0 Å². The molecule has 10 heteroatoms. The fraction of sp³-hybridized carbons (Fsp3) is 0.409. The van der Waals surface area contributed by atoms with Gasteiger partial charge in [-0.25, -0.2) is 18.2 Å². The number of carbonyl (C=O) groups excluding carboxylic acids is 1. The second kappa shape index (κ2) is 6.93. The molecule has 3 fully saturated rings. The maximum absolute atomic E-state index is 13.9. The number of piperidine rings is 1. The quantitative estimate of drug-likeness (QED) is 0.609. The van der Waals surface area contributed by atoms with E-state index in [1.807, 2.05) is 4.90 Å². The first-order chi connectivity index (χ1) is 15.4. The number of ether oxygens (including phenoxy) is 1.